The number of hydrazine groups is 1. The van der Waals surface area contributed by atoms with Crippen molar-refractivity contribution < 1.29 is 23.9 Å². The Balaban J connectivity index is 1.57. The molecule has 1 N–H and O–H groups in total. The van der Waals surface area contributed by atoms with Crippen molar-refractivity contribution in [3.05, 3.63) is 42.0 Å². The first kappa shape index (κ1) is 14.0. The van der Waals surface area contributed by atoms with Gasteiger partial charge in [-0.2, -0.15) is 5.01 Å². The van der Waals surface area contributed by atoms with Gasteiger partial charge >= 0.3 is 0 Å². The Kier molecular flexibility index (Phi) is 2.99. The van der Waals surface area contributed by atoms with Crippen molar-refractivity contribution in [1.29, 1.82) is 0 Å². The van der Waals surface area contributed by atoms with E-state index in [9.17, 15) is 14.4 Å². The van der Waals surface area contributed by atoms with E-state index in [1.165, 1.54) is 7.11 Å². The molecule has 1 aromatic carbocycles. The van der Waals surface area contributed by atoms with Gasteiger partial charge in [0, 0.05) is 0 Å². The summed E-state index contributed by atoms with van der Waals surface area (Å²) >= 11 is 0. The molecule has 0 saturated carbocycles. The molecule has 3 amide bonds. The van der Waals surface area contributed by atoms with Crippen molar-refractivity contribution >= 4 is 17.7 Å². The minimum Gasteiger partial charge on any atom is -0.496 e. The summed E-state index contributed by atoms with van der Waals surface area (Å²) < 4.78 is 10.7. The second-order valence-electron chi connectivity index (χ2n) is 5.65. The molecule has 3 aliphatic rings. The molecule has 7 nitrogen and oxygen atoms in total. The SMILES string of the molecule is COc1ccccc1C(=O)NN1C(=O)[C@@H]2[C@@H](C1=O)[C@H]1C=C[C@H]2O1. The molecule has 0 spiro atoms. The van der Waals surface area contributed by atoms with Crippen molar-refractivity contribution in [2.24, 2.45) is 11.8 Å². The van der Waals surface area contributed by atoms with E-state index in [1.807, 2.05) is 0 Å². The van der Waals surface area contributed by atoms with Crippen LogP contribution >= 0.6 is 0 Å². The number of carbonyl (C=O) groups excluding carboxylic acids is 3. The molecule has 2 bridgehead atoms. The van der Waals surface area contributed by atoms with Crippen LogP contribution in [0.4, 0.5) is 0 Å². The highest BCUT2D eigenvalue weighted by atomic mass is 16.5. The van der Waals surface area contributed by atoms with E-state index in [1.54, 1.807) is 36.4 Å². The predicted octanol–water partition coefficient (Wildman–Crippen LogP) is 0.278. The Morgan fingerprint density at radius 1 is 1.13 bits per heavy atom. The van der Waals surface area contributed by atoms with E-state index in [0.717, 1.165) is 5.01 Å². The molecule has 2 saturated heterocycles. The van der Waals surface area contributed by atoms with E-state index in [-0.39, 0.29) is 17.8 Å². The molecule has 0 aliphatic carbocycles. The van der Waals surface area contributed by atoms with Crippen molar-refractivity contribution in [2.75, 3.05) is 7.11 Å². The number of methoxy groups -OCH3 is 1. The van der Waals surface area contributed by atoms with Gasteiger partial charge < -0.3 is 9.47 Å². The van der Waals surface area contributed by atoms with Crippen LogP contribution in [0.3, 0.4) is 0 Å². The summed E-state index contributed by atoms with van der Waals surface area (Å²) in [6.45, 7) is 0. The lowest BCUT2D eigenvalue weighted by atomic mass is 9.85. The fourth-order valence-electron chi connectivity index (χ4n) is 3.41. The van der Waals surface area contributed by atoms with E-state index < -0.39 is 29.6 Å². The monoisotopic (exact) mass is 314 g/mol. The first-order chi connectivity index (χ1) is 11.1. The highest BCUT2D eigenvalue weighted by molar-refractivity contribution is 6.09. The Morgan fingerprint density at radius 3 is 2.35 bits per heavy atom. The first-order valence-electron chi connectivity index (χ1n) is 7.27. The number of ether oxygens (including phenoxy) is 2. The van der Waals surface area contributed by atoms with E-state index >= 15 is 0 Å². The molecule has 118 valence electrons. The summed E-state index contributed by atoms with van der Waals surface area (Å²) in [4.78, 5) is 37.3. The lowest BCUT2D eigenvalue weighted by Crippen LogP contribution is -2.48. The number of imide groups is 1. The average Bonchev–Trinajstić information content (AvgIpc) is 3.24. The summed E-state index contributed by atoms with van der Waals surface area (Å²) in [6, 6.07) is 6.61. The van der Waals surface area contributed by atoms with Crippen LogP contribution < -0.4 is 10.2 Å². The Hall–Kier alpha value is -2.67. The maximum absolute atomic E-state index is 12.5. The highest BCUT2D eigenvalue weighted by Gasteiger charge is 2.61. The van der Waals surface area contributed by atoms with Crippen molar-refractivity contribution in [2.45, 2.75) is 12.2 Å². The second-order valence-corrected chi connectivity index (χ2v) is 5.65. The molecule has 0 unspecified atom stereocenters. The largest absolute Gasteiger partial charge is 0.496 e. The molecule has 0 radical (unpaired) electrons. The van der Waals surface area contributed by atoms with E-state index in [0.29, 0.717) is 5.75 Å². The van der Waals surface area contributed by atoms with Gasteiger partial charge in [-0.05, 0) is 12.1 Å². The molecule has 3 aliphatic heterocycles. The quantitative estimate of drug-likeness (QED) is 0.640. The fourth-order valence-corrected chi connectivity index (χ4v) is 3.41. The summed E-state index contributed by atoms with van der Waals surface area (Å²) in [6.07, 6.45) is 2.83. The third-order valence-corrected chi connectivity index (χ3v) is 4.48. The number of benzene rings is 1. The van der Waals surface area contributed by atoms with Crippen LogP contribution in [0.1, 0.15) is 10.4 Å². The third kappa shape index (κ3) is 1.90. The topological polar surface area (TPSA) is 84.9 Å². The number of hydrogen-bond acceptors (Lipinski definition) is 5. The third-order valence-electron chi connectivity index (χ3n) is 4.48. The van der Waals surface area contributed by atoms with Gasteiger partial charge in [-0.15, -0.1) is 0 Å². The predicted molar refractivity (Wildman–Crippen MR) is 77.1 cm³/mol. The van der Waals surface area contributed by atoms with Gasteiger partial charge in [-0.1, -0.05) is 24.3 Å². The Bertz CT molecular complexity index is 714. The molecule has 4 rings (SSSR count). The van der Waals surface area contributed by atoms with Gasteiger partial charge in [0.05, 0.1) is 36.7 Å². The van der Waals surface area contributed by atoms with Crippen LogP contribution in [-0.4, -0.2) is 42.0 Å². The molecule has 2 fully saturated rings. The summed E-state index contributed by atoms with van der Waals surface area (Å²) in [5, 5.41) is 0.819. The zero-order chi connectivity index (χ0) is 16.1. The van der Waals surface area contributed by atoms with Crippen molar-refractivity contribution in [3.63, 3.8) is 0 Å². The fraction of sp³-hybridized carbons (Fsp3) is 0.312. The van der Waals surface area contributed by atoms with E-state index in [2.05, 4.69) is 5.43 Å². The molecule has 7 heteroatoms. The average molecular weight is 314 g/mol. The number of rotatable bonds is 3. The highest BCUT2D eigenvalue weighted by Crippen LogP contribution is 2.44. The van der Waals surface area contributed by atoms with E-state index in [4.69, 9.17) is 9.47 Å². The van der Waals surface area contributed by atoms with Gasteiger partial charge in [-0.25, -0.2) is 0 Å². The number of fused-ring (bicyclic) bond motifs is 5. The summed E-state index contributed by atoms with van der Waals surface area (Å²) in [7, 11) is 1.45. The standard InChI is InChI=1S/C16H14N2O5/c1-22-9-5-3-2-4-8(9)14(19)17-18-15(20)12-10-6-7-11(23-10)13(12)16(18)21/h2-7,10-13H,1H3,(H,17,19)/t10-,11-,12+,13+/m1/s1. The second kappa shape index (κ2) is 4.92. The Morgan fingerprint density at radius 2 is 1.74 bits per heavy atom. The normalized spacial score (nSPS) is 30.7. The minimum atomic E-state index is -0.564. The summed E-state index contributed by atoms with van der Waals surface area (Å²) in [5.74, 6) is -2.15. The number of carbonyl (C=O) groups is 3. The van der Waals surface area contributed by atoms with Crippen molar-refractivity contribution in [1.82, 2.24) is 10.4 Å². The van der Waals surface area contributed by atoms with Crippen LogP contribution in [0.25, 0.3) is 0 Å². The molecule has 1 aromatic rings. The maximum atomic E-state index is 12.5. The van der Waals surface area contributed by atoms with Crippen LogP contribution in [-0.2, 0) is 14.3 Å². The lowest BCUT2D eigenvalue weighted by molar-refractivity contribution is -0.145. The van der Waals surface area contributed by atoms with Crippen LogP contribution in [0.5, 0.6) is 5.75 Å². The molecule has 0 aromatic heterocycles. The molecule has 23 heavy (non-hydrogen) atoms. The van der Waals surface area contributed by atoms with Gasteiger partial charge in [0.2, 0.25) is 0 Å². The zero-order valence-corrected chi connectivity index (χ0v) is 12.3. The number of nitrogens with zero attached hydrogens (tertiary/aromatic N) is 1. The van der Waals surface area contributed by atoms with Gasteiger partial charge in [-0.3, -0.25) is 19.8 Å². The first-order valence-corrected chi connectivity index (χ1v) is 7.27. The van der Waals surface area contributed by atoms with Gasteiger partial charge in [0.25, 0.3) is 17.7 Å². The zero-order valence-electron chi connectivity index (χ0n) is 12.3. The van der Waals surface area contributed by atoms with Gasteiger partial charge in [0.1, 0.15) is 5.75 Å². The van der Waals surface area contributed by atoms with Crippen LogP contribution in [0, 0.1) is 11.8 Å². The van der Waals surface area contributed by atoms with Crippen LogP contribution in [0.15, 0.2) is 36.4 Å². The number of nitrogens with one attached hydrogen (secondary N) is 1. The minimum absolute atomic E-state index is 0.255. The molecule has 3 heterocycles. The number of para-hydroxylation sites is 1. The molecule has 4 atom stereocenters. The smallest absolute Gasteiger partial charge is 0.274 e. The maximum Gasteiger partial charge on any atom is 0.274 e. The number of hydrogen-bond donors (Lipinski definition) is 1. The molecular formula is C16H14N2O5. The van der Waals surface area contributed by atoms with Crippen LogP contribution in [0.2, 0.25) is 0 Å². The van der Waals surface area contributed by atoms with Crippen molar-refractivity contribution in [3.8, 4) is 5.75 Å². The molecular weight excluding hydrogens is 300 g/mol. The lowest BCUT2D eigenvalue weighted by Gasteiger charge is -2.18. The Labute approximate surface area is 131 Å². The van der Waals surface area contributed by atoms with Gasteiger partial charge in [0.15, 0.2) is 0 Å². The number of amides is 3. The summed E-state index contributed by atoms with van der Waals surface area (Å²) in [5.41, 5.74) is 2.65.